The fraction of sp³-hybridized carbons (Fsp3) is 0.471. The zero-order valence-electron chi connectivity index (χ0n) is 13.1. The van der Waals surface area contributed by atoms with Crippen LogP contribution in [0, 0.1) is 5.92 Å². The van der Waals surface area contributed by atoms with Crippen molar-refractivity contribution >= 4 is 17.5 Å². The predicted molar refractivity (Wildman–Crippen MR) is 87.9 cm³/mol. The molecule has 0 saturated heterocycles. The highest BCUT2D eigenvalue weighted by Gasteiger charge is 2.24. The Morgan fingerprint density at radius 3 is 2.65 bits per heavy atom. The van der Waals surface area contributed by atoms with Gasteiger partial charge < -0.3 is 9.84 Å². The van der Waals surface area contributed by atoms with E-state index in [-0.39, 0.29) is 17.9 Å². The van der Waals surface area contributed by atoms with Crippen molar-refractivity contribution < 1.29 is 9.32 Å². The van der Waals surface area contributed by atoms with E-state index in [0.29, 0.717) is 16.7 Å². The lowest BCUT2D eigenvalue weighted by atomic mass is 9.88. The van der Waals surface area contributed by atoms with Crippen molar-refractivity contribution in [3.8, 4) is 11.4 Å². The van der Waals surface area contributed by atoms with Gasteiger partial charge in [0.1, 0.15) is 6.04 Å². The third-order valence-electron chi connectivity index (χ3n) is 4.25. The van der Waals surface area contributed by atoms with Gasteiger partial charge in [0.25, 0.3) is 0 Å². The lowest BCUT2D eigenvalue weighted by Crippen LogP contribution is -2.33. The van der Waals surface area contributed by atoms with Crippen LogP contribution >= 0.6 is 11.6 Å². The largest absolute Gasteiger partial charge is 0.344 e. The van der Waals surface area contributed by atoms with Crippen molar-refractivity contribution in [1.82, 2.24) is 15.5 Å². The first kappa shape index (κ1) is 16.0. The molecule has 5 nitrogen and oxygen atoms in total. The topological polar surface area (TPSA) is 68.0 Å². The van der Waals surface area contributed by atoms with Gasteiger partial charge in [0.15, 0.2) is 0 Å². The van der Waals surface area contributed by atoms with Crippen molar-refractivity contribution in [2.24, 2.45) is 5.92 Å². The third kappa shape index (κ3) is 3.91. The molecule has 1 aliphatic rings. The van der Waals surface area contributed by atoms with Crippen molar-refractivity contribution in [3.63, 3.8) is 0 Å². The fourth-order valence-electron chi connectivity index (χ4n) is 2.89. The number of amides is 1. The molecule has 1 saturated carbocycles. The monoisotopic (exact) mass is 333 g/mol. The lowest BCUT2D eigenvalue weighted by Gasteiger charge is -2.22. The van der Waals surface area contributed by atoms with Gasteiger partial charge in [-0.3, -0.25) is 4.79 Å². The number of hydrogen-bond acceptors (Lipinski definition) is 4. The van der Waals surface area contributed by atoms with Crippen LogP contribution in [0.2, 0.25) is 5.02 Å². The number of aromatic nitrogens is 2. The molecule has 0 bridgehead atoms. The van der Waals surface area contributed by atoms with E-state index in [1.807, 2.05) is 19.1 Å². The van der Waals surface area contributed by atoms with Gasteiger partial charge in [0, 0.05) is 16.5 Å². The van der Waals surface area contributed by atoms with Crippen LogP contribution in [0.4, 0.5) is 0 Å². The van der Waals surface area contributed by atoms with Crippen LogP contribution in [0.3, 0.4) is 0 Å². The van der Waals surface area contributed by atoms with E-state index in [4.69, 9.17) is 16.1 Å². The molecule has 0 unspecified atom stereocenters. The Morgan fingerprint density at radius 1 is 1.26 bits per heavy atom. The zero-order valence-corrected chi connectivity index (χ0v) is 13.8. The summed E-state index contributed by atoms with van der Waals surface area (Å²) in [6.45, 7) is 1.86. The summed E-state index contributed by atoms with van der Waals surface area (Å²) >= 11 is 5.87. The Labute approximate surface area is 140 Å². The average Bonchev–Trinajstić information content (AvgIpc) is 3.06. The molecule has 1 aromatic carbocycles. The van der Waals surface area contributed by atoms with Gasteiger partial charge in [0.05, 0.1) is 0 Å². The first-order valence-corrected chi connectivity index (χ1v) is 8.41. The van der Waals surface area contributed by atoms with Gasteiger partial charge >= 0.3 is 0 Å². The number of nitrogens with one attached hydrogen (secondary N) is 1. The summed E-state index contributed by atoms with van der Waals surface area (Å²) in [5.74, 6) is 1.11. The normalized spacial score (nSPS) is 17.0. The highest BCUT2D eigenvalue weighted by atomic mass is 35.5. The lowest BCUT2D eigenvalue weighted by molar-refractivity contribution is -0.126. The molecular formula is C17H20ClN3O2. The Hall–Kier alpha value is -1.88. The van der Waals surface area contributed by atoms with Crippen LogP contribution in [0.5, 0.6) is 0 Å². The molecule has 2 aromatic rings. The third-order valence-corrected chi connectivity index (χ3v) is 4.50. The number of halogens is 1. The van der Waals surface area contributed by atoms with Gasteiger partial charge in [-0.05, 0) is 44.0 Å². The standard InChI is InChI=1S/C17H20ClN3O2/c1-11(19-16(22)13-5-3-2-4-6-13)17-20-15(21-23-17)12-7-9-14(18)10-8-12/h7-11,13H,2-6H2,1H3,(H,19,22)/t11-/m0/s1. The summed E-state index contributed by atoms with van der Waals surface area (Å²) in [7, 11) is 0. The van der Waals surface area contributed by atoms with Crippen LogP contribution in [0.25, 0.3) is 11.4 Å². The van der Waals surface area contributed by atoms with E-state index in [0.717, 1.165) is 31.2 Å². The highest BCUT2D eigenvalue weighted by Crippen LogP contribution is 2.25. The molecular weight excluding hydrogens is 314 g/mol. The van der Waals surface area contributed by atoms with E-state index in [1.165, 1.54) is 6.42 Å². The minimum absolute atomic E-state index is 0.0865. The summed E-state index contributed by atoms with van der Waals surface area (Å²) in [4.78, 5) is 16.7. The van der Waals surface area contributed by atoms with Crippen molar-refractivity contribution in [2.45, 2.75) is 45.1 Å². The van der Waals surface area contributed by atoms with Gasteiger partial charge in [-0.15, -0.1) is 0 Å². The fourth-order valence-corrected chi connectivity index (χ4v) is 3.01. The van der Waals surface area contributed by atoms with Crippen LogP contribution in [0.1, 0.15) is 51.0 Å². The molecule has 1 fully saturated rings. The van der Waals surface area contributed by atoms with E-state index in [9.17, 15) is 4.79 Å². The molecule has 1 atom stereocenters. The molecule has 1 N–H and O–H groups in total. The molecule has 1 aliphatic carbocycles. The summed E-state index contributed by atoms with van der Waals surface area (Å²) in [6.07, 6.45) is 5.44. The van der Waals surface area contributed by atoms with E-state index in [1.54, 1.807) is 12.1 Å². The summed E-state index contributed by atoms with van der Waals surface area (Å²) in [5.41, 5.74) is 0.829. The second kappa shape index (κ2) is 7.13. The maximum Gasteiger partial charge on any atom is 0.249 e. The molecule has 1 amide bonds. The molecule has 6 heteroatoms. The second-order valence-corrected chi connectivity index (χ2v) is 6.46. The highest BCUT2D eigenvalue weighted by molar-refractivity contribution is 6.30. The molecule has 3 rings (SSSR count). The van der Waals surface area contributed by atoms with Crippen molar-refractivity contribution in [2.75, 3.05) is 0 Å². The molecule has 0 aliphatic heterocycles. The number of carbonyl (C=O) groups is 1. The average molecular weight is 334 g/mol. The van der Waals surface area contributed by atoms with E-state index < -0.39 is 0 Å². The van der Waals surface area contributed by atoms with E-state index >= 15 is 0 Å². The first-order chi connectivity index (χ1) is 11.1. The maximum atomic E-state index is 12.3. The van der Waals surface area contributed by atoms with E-state index in [2.05, 4.69) is 15.5 Å². The van der Waals surface area contributed by atoms with Crippen LogP contribution in [-0.2, 0) is 4.79 Å². The SMILES string of the molecule is C[C@H](NC(=O)C1CCCCC1)c1nc(-c2ccc(Cl)cc2)no1. The Bertz CT molecular complexity index is 663. The van der Waals surface area contributed by atoms with Crippen molar-refractivity contribution in [1.29, 1.82) is 0 Å². The Morgan fingerprint density at radius 2 is 1.96 bits per heavy atom. The van der Waals surface area contributed by atoms with Crippen LogP contribution < -0.4 is 5.32 Å². The smallest absolute Gasteiger partial charge is 0.249 e. The number of rotatable bonds is 4. The molecule has 1 aromatic heterocycles. The second-order valence-electron chi connectivity index (χ2n) is 6.03. The summed E-state index contributed by atoms with van der Waals surface area (Å²) < 4.78 is 5.29. The van der Waals surface area contributed by atoms with Crippen LogP contribution in [-0.4, -0.2) is 16.0 Å². The number of nitrogens with zero attached hydrogens (tertiary/aromatic N) is 2. The first-order valence-electron chi connectivity index (χ1n) is 8.03. The maximum absolute atomic E-state index is 12.3. The number of benzene rings is 1. The predicted octanol–water partition coefficient (Wildman–Crippen LogP) is 4.15. The molecule has 23 heavy (non-hydrogen) atoms. The molecule has 0 spiro atoms. The van der Waals surface area contributed by atoms with Gasteiger partial charge in [0.2, 0.25) is 17.6 Å². The quantitative estimate of drug-likeness (QED) is 0.912. The Balaban J connectivity index is 1.64. The Kier molecular flexibility index (Phi) is 4.96. The van der Waals surface area contributed by atoms with Gasteiger partial charge in [-0.1, -0.05) is 36.0 Å². The van der Waals surface area contributed by atoms with Crippen LogP contribution in [0.15, 0.2) is 28.8 Å². The summed E-state index contributed by atoms with van der Waals surface area (Å²) in [5, 5.41) is 7.62. The van der Waals surface area contributed by atoms with Gasteiger partial charge in [-0.2, -0.15) is 4.98 Å². The minimum atomic E-state index is -0.294. The number of hydrogen-bond donors (Lipinski definition) is 1. The summed E-state index contributed by atoms with van der Waals surface area (Å²) in [6, 6.07) is 6.94. The van der Waals surface area contributed by atoms with Gasteiger partial charge in [-0.25, -0.2) is 0 Å². The molecule has 122 valence electrons. The zero-order chi connectivity index (χ0) is 16.2. The molecule has 0 radical (unpaired) electrons. The number of carbonyl (C=O) groups excluding carboxylic acids is 1. The van der Waals surface area contributed by atoms with Crippen molar-refractivity contribution in [3.05, 3.63) is 35.2 Å². The minimum Gasteiger partial charge on any atom is -0.344 e. The molecule has 1 heterocycles.